The number of hydrogen-bond acceptors (Lipinski definition) is 3. The molecule has 1 aromatic heterocycles. The fourth-order valence-corrected chi connectivity index (χ4v) is 4.69. The molecule has 5 nitrogen and oxygen atoms in total. The number of aryl methyl sites for hydroxylation is 2. The van der Waals surface area contributed by atoms with Crippen LogP contribution < -0.4 is 0 Å². The van der Waals surface area contributed by atoms with E-state index >= 15 is 0 Å². The van der Waals surface area contributed by atoms with Gasteiger partial charge >= 0.3 is 6.09 Å². The van der Waals surface area contributed by atoms with Crippen LogP contribution in [0.3, 0.4) is 0 Å². The van der Waals surface area contributed by atoms with Crippen LogP contribution in [0.2, 0.25) is 0 Å². The number of carbonyl (C=O) groups is 1. The molecule has 1 atom stereocenters. The zero-order valence-corrected chi connectivity index (χ0v) is 18.8. The van der Waals surface area contributed by atoms with E-state index < -0.39 is 5.60 Å². The summed E-state index contributed by atoms with van der Waals surface area (Å²) >= 11 is 3.57. The largest absolute Gasteiger partial charge is 0.444 e. The van der Waals surface area contributed by atoms with Gasteiger partial charge in [-0.15, -0.1) is 0 Å². The first-order valence-electron chi connectivity index (χ1n) is 9.90. The maximum Gasteiger partial charge on any atom is 0.410 e. The van der Waals surface area contributed by atoms with E-state index in [1.165, 1.54) is 11.1 Å². The number of amides is 1. The van der Waals surface area contributed by atoms with E-state index in [-0.39, 0.29) is 17.6 Å². The molecular weight excluding hydrogens is 418 g/mol. The number of fused-ring (bicyclic) bond motifs is 3. The highest BCUT2D eigenvalue weighted by Gasteiger charge is 2.44. The van der Waals surface area contributed by atoms with Crippen LogP contribution >= 0.6 is 15.9 Å². The van der Waals surface area contributed by atoms with Crippen molar-refractivity contribution in [2.24, 2.45) is 5.41 Å². The fraction of sp³-hybridized carbons (Fsp3) is 0.545. The Morgan fingerprint density at radius 1 is 1.32 bits per heavy atom. The first-order valence-corrected chi connectivity index (χ1v) is 10.7. The maximum atomic E-state index is 12.9. The van der Waals surface area contributed by atoms with Crippen molar-refractivity contribution in [3.63, 3.8) is 0 Å². The molecule has 1 amide bonds. The van der Waals surface area contributed by atoms with E-state index in [4.69, 9.17) is 9.72 Å². The number of H-pyrrole nitrogens is 1. The van der Waals surface area contributed by atoms with Gasteiger partial charge in [-0.2, -0.15) is 0 Å². The predicted octanol–water partition coefficient (Wildman–Crippen LogP) is 5.65. The summed E-state index contributed by atoms with van der Waals surface area (Å²) in [4.78, 5) is 23.2. The Labute approximate surface area is 175 Å². The quantitative estimate of drug-likeness (QED) is 0.616. The number of hydrogen-bond donors (Lipinski definition) is 1. The Bertz CT molecular complexity index is 926. The number of aromatic nitrogens is 2. The monoisotopic (exact) mass is 445 g/mol. The van der Waals surface area contributed by atoms with Gasteiger partial charge in [-0.3, -0.25) is 4.90 Å². The Morgan fingerprint density at radius 2 is 2.07 bits per heavy atom. The second-order valence-corrected chi connectivity index (χ2v) is 10.7. The van der Waals surface area contributed by atoms with Gasteiger partial charge in [0.05, 0.1) is 17.4 Å². The summed E-state index contributed by atoms with van der Waals surface area (Å²) in [7, 11) is 0. The van der Waals surface area contributed by atoms with Gasteiger partial charge in [-0.05, 0) is 63.1 Å². The summed E-state index contributed by atoms with van der Waals surface area (Å²) in [5, 5.41) is 0. The van der Waals surface area contributed by atoms with Gasteiger partial charge in [0.1, 0.15) is 11.4 Å². The Hall–Kier alpha value is -1.82. The Morgan fingerprint density at radius 3 is 2.79 bits per heavy atom. The van der Waals surface area contributed by atoms with Crippen molar-refractivity contribution in [1.82, 2.24) is 14.9 Å². The topological polar surface area (TPSA) is 58.2 Å². The molecule has 0 spiro atoms. The molecule has 4 rings (SSSR count). The highest BCUT2D eigenvalue weighted by Crippen LogP contribution is 2.44. The minimum Gasteiger partial charge on any atom is -0.444 e. The first kappa shape index (κ1) is 19.5. The van der Waals surface area contributed by atoms with E-state index in [9.17, 15) is 4.79 Å². The summed E-state index contributed by atoms with van der Waals surface area (Å²) < 4.78 is 6.78. The van der Waals surface area contributed by atoms with Crippen LogP contribution in [0.25, 0.3) is 11.3 Å². The van der Waals surface area contributed by atoms with Crippen molar-refractivity contribution in [2.45, 2.75) is 65.5 Å². The van der Waals surface area contributed by atoms with Crippen molar-refractivity contribution in [3.8, 4) is 11.3 Å². The normalized spacial score (nSPS) is 20.6. The molecule has 1 N–H and O–H groups in total. The third-order valence-electron chi connectivity index (χ3n) is 5.43. The average molecular weight is 446 g/mol. The van der Waals surface area contributed by atoms with Crippen molar-refractivity contribution in [3.05, 3.63) is 39.8 Å². The Balaban J connectivity index is 1.68. The van der Waals surface area contributed by atoms with Crippen molar-refractivity contribution in [2.75, 3.05) is 6.54 Å². The molecule has 1 fully saturated rings. The van der Waals surface area contributed by atoms with Crippen LogP contribution in [0, 0.1) is 5.41 Å². The van der Waals surface area contributed by atoms with Crippen LogP contribution in [-0.4, -0.2) is 33.1 Å². The number of benzene rings is 1. The molecule has 0 unspecified atom stereocenters. The van der Waals surface area contributed by atoms with E-state index in [0.29, 0.717) is 6.54 Å². The number of aromatic amines is 1. The van der Waals surface area contributed by atoms with Crippen LogP contribution in [-0.2, 0) is 17.6 Å². The number of likely N-dealkylation sites (tertiary alicyclic amines) is 1. The molecule has 6 heteroatoms. The van der Waals surface area contributed by atoms with Gasteiger partial charge in [0.15, 0.2) is 0 Å². The number of rotatable bonds is 1. The second kappa shape index (κ2) is 6.61. The number of nitrogens with one attached hydrogen (secondary N) is 1. The summed E-state index contributed by atoms with van der Waals surface area (Å²) in [6, 6.07) is 6.31. The van der Waals surface area contributed by atoms with Crippen molar-refractivity contribution >= 4 is 22.0 Å². The highest BCUT2D eigenvalue weighted by molar-refractivity contribution is 9.10. The molecule has 28 heavy (non-hydrogen) atoms. The molecule has 2 heterocycles. The van der Waals surface area contributed by atoms with Crippen molar-refractivity contribution < 1.29 is 9.53 Å². The second-order valence-electron chi connectivity index (χ2n) is 9.74. The third kappa shape index (κ3) is 3.71. The lowest BCUT2D eigenvalue weighted by Crippen LogP contribution is -2.37. The number of carbonyl (C=O) groups excluding carboxylic acids is 1. The Kier molecular flexibility index (Phi) is 4.60. The summed E-state index contributed by atoms with van der Waals surface area (Å²) in [5.41, 5.74) is 4.24. The zero-order valence-electron chi connectivity index (χ0n) is 17.2. The average Bonchev–Trinajstić information content (AvgIpc) is 3.13. The van der Waals surface area contributed by atoms with E-state index in [1.54, 1.807) is 0 Å². The van der Waals surface area contributed by atoms with Gasteiger partial charge in [-0.25, -0.2) is 9.78 Å². The lowest BCUT2D eigenvalue weighted by Gasteiger charge is -2.28. The molecule has 1 saturated heterocycles. The molecule has 0 saturated carbocycles. The number of imidazole rings is 1. The molecule has 1 aromatic carbocycles. The van der Waals surface area contributed by atoms with Crippen LogP contribution in [0.15, 0.2) is 22.7 Å². The molecule has 1 aliphatic carbocycles. The minimum absolute atomic E-state index is 0.0254. The maximum absolute atomic E-state index is 12.9. The molecule has 2 aliphatic rings. The molecule has 0 bridgehead atoms. The highest BCUT2D eigenvalue weighted by atomic mass is 79.9. The van der Waals surface area contributed by atoms with Gasteiger partial charge in [0, 0.05) is 16.6 Å². The summed E-state index contributed by atoms with van der Waals surface area (Å²) in [6.45, 7) is 10.8. The lowest BCUT2D eigenvalue weighted by atomic mass is 9.90. The van der Waals surface area contributed by atoms with Crippen molar-refractivity contribution in [1.29, 1.82) is 0 Å². The van der Waals surface area contributed by atoms with E-state index in [0.717, 1.165) is 40.9 Å². The number of ether oxygens (including phenoxy) is 1. The SMILES string of the molecule is CC1(C)C[C@@H](c2nc3c([nH]2)-c2ccc(Br)cc2CC3)N(C(=O)OC(C)(C)C)C1. The molecule has 2 aromatic rings. The smallest absolute Gasteiger partial charge is 0.410 e. The molecular formula is C22H28BrN3O2. The fourth-order valence-electron chi connectivity index (χ4n) is 4.28. The van der Waals surface area contributed by atoms with Gasteiger partial charge in [-0.1, -0.05) is 35.8 Å². The van der Waals surface area contributed by atoms with Gasteiger partial charge in [0.2, 0.25) is 0 Å². The molecule has 1 aliphatic heterocycles. The molecule has 150 valence electrons. The predicted molar refractivity (Wildman–Crippen MR) is 113 cm³/mol. The van der Waals surface area contributed by atoms with E-state index in [2.05, 4.69) is 53.0 Å². The van der Waals surface area contributed by atoms with Crippen LogP contribution in [0.1, 0.15) is 64.2 Å². The number of nitrogens with zero attached hydrogens (tertiary/aromatic N) is 2. The van der Waals surface area contributed by atoms with E-state index in [1.807, 2.05) is 25.7 Å². The number of halogens is 1. The zero-order chi connectivity index (χ0) is 20.3. The third-order valence-corrected chi connectivity index (χ3v) is 5.92. The molecule has 0 radical (unpaired) electrons. The summed E-state index contributed by atoms with van der Waals surface area (Å²) in [5.74, 6) is 0.872. The minimum atomic E-state index is -0.511. The standard InChI is InChI=1S/C22H28BrN3O2/c1-21(2,3)28-20(27)26-12-22(4,5)11-17(26)19-24-16-9-6-13-10-14(23)7-8-15(13)18(16)25-19/h7-8,10,17H,6,9,11-12H2,1-5H3,(H,24,25)/t17-/m0/s1. The lowest BCUT2D eigenvalue weighted by molar-refractivity contribution is 0.0207. The van der Waals surface area contributed by atoms with Gasteiger partial charge < -0.3 is 9.72 Å². The first-order chi connectivity index (χ1) is 13.0. The summed E-state index contributed by atoms with van der Waals surface area (Å²) in [6.07, 6.45) is 2.50. The van der Waals surface area contributed by atoms with Crippen LogP contribution in [0.4, 0.5) is 4.79 Å². The van der Waals surface area contributed by atoms with Crippen LogP contribution in [0.5, 0.6) is 0 Å². The van der Waals surface area contributed by atoms with Gasteiger partial charge in [0.25, 0.3) is 0 Å².